The zero-order chi connectivity index (χ0) is 24.1. The van der Waals surface area contributed by atoms with Gasteiger partial charge in [0.25, 0.3) is 0 Å². The molecular formula is C28H12N4OS4. The summed E-state index contributed by atoms with van der Waals surface area (Å²) >= 11 is 5.96. The molecule has 9 rings (SSSR count). The predicted molar refractivity (Wildman–Crippen MR) is 157 cm³/mol. The second kappa shape index (κ2) is 7.39. The highest BCUT2D eigenvalue weighted by Gasteiger charge is 2.22. The Morgan fingerprint density at radius 1 is 0.568 bits per heavy atom. The summed E-state index contributed by atoms with van der Waals surface area (Å²) in [5.74, 6) is 0. The van der Waals surface area contributed by atoms with Gasteiger partial charge in [0, 0.05) is 26.9 Å². The first-order valence-corrected chi connectivity index (χ1v) is 14.7. The molecule has 4 aromatic carbocycles. The normalized spacial score (nSPS) is 12.3. The van der Waals surface area contributed by atoms with Crippen molar-refractivity contribution in [2.45, 2.75) is 0 Å². The summed E-state index contributed by atoms with van der Waals surface area (Å²) in [7, 11) is 0. The average molecular weight is 549 g/mol. The Balaban J connectivity index is 1.30. The van der Waals surface area contributed by atoms with Crippen LogP contribution in [0.2, 0.25) is 0 Å². The van der Waals surface area contributed by atoms with Crippen LogP contribution in [-0.2, 0) is 0 Å². The molecule has 0 radical (unpaired) electrons. The zero-order valence-corrected chi connectivity index (χ0v) is 22.0. The molecule has 5 heterocycles. The average Bonchev–Trinajstić information content (AvgIpc) is 3.73. The van der Waals surface area contributed by atoms with Gasteiger partial charge in [-0.15, -0.1) is 11.3 Å². The number of aromatic nitrogens is 4. The first-order chi connectivity index (χ1) is 18.3. The molecule has 0 aliphatic carbocycles. The van der Waals surface area contributed by atoms with Crippen LogP contribution in [0.5, 0.6) is 0 Å². The van der Waals surface area contributed by atoms with E-state index in [-0.39, 0.29) is 0 Å². The molecule has 0 saturated carbocycles. The van der Waals surface area contributed by atoms with Crippen LogP contribution < -0.4 is 0 Å². The molecule has 9 aromatic rings. The van der Waals surface area contributed by atoms with Gasteiger partial charge >= 0.3 is 0 Å². The van der Waals surface area contributed by atoms with E-state index in [1.807, 2.05) is 0 Å². The molecule has 0 N–H and O–H groups in total. The van der Waals surface area contributed by atoms with E-state index in [9.17, 15) is 0 Å². The van der Waals surface area contributed by atoms with E-state index in [0.717, 1.165) is 63.5 Å². The maximum atomic E-state index is 6.43. The summed E-state index contributed by atoms with van der Waals surface area (Å²) in [4.78, 5) is 3.23. The van der Waals surface area contributed by atoms with E-state index in [1.54, 1.807) is 22.7 Å². The van der Waals surface area contributed by atoms with Crippen molar-refractivity contribution in [2.24, 2.45) is 0 Å². The molecule has 174 valence electrons. The van der Waals surface area contributed by atoms with Gasteiger partial charge in [0.2, 0.25) is 0 Å². The van der Waals surface area contributed by atoms with Crippen LogP contribution in [-0.4, -0.2) is 17.5 Å². The Hall–Kier alpha value is -3.76. The lowest BCUT2D eigenvalue weighted by Gasteiger charge is -2.05. The predicted octanol–water partition coefficient (Wildman–Crippen LogP) is 9.36. The maximum absolute atomic E-state index is 6.43. The second-order valence-corrected chi connectivity index (χ2v) is 12.1. The summed E-state index contributed by atoms with van der Waals surface area (Å²) in [6, 6.07) is 25.6. The van der Waals surface area contributed by atoms with Crippen molar-refractivity contribution < 1.29 is 4.42 Å². The molecule has 0 amide bonds. The van der Waals surface area contributed by atoms with Crippen molar-refractivity contribution in [1.82, 2.24) is 17.5 Å². The Morgan fingerprint density at radius 2 is 1.16 bits per heavy atom. The third-order valence-electron chi connectivity index (χ3n) is 6.88. The third kappa shape index (κ3) is 2.82. The number of thiophene rings is 2. The lowest BCUT2D eigenvalue weighted by molar-refractivity contribution is 0.679. The minimum absolute atomic E-state index is 0.912. The van der Waals surface area contributed by atoms with Crippen LogP contribution in [0, 0.1) is 0 Å². The number of furan rings is 1. The molecule has 0 atom stereocenters. The molecule has 0 aliphatic heterocycles. The van der Waals surface area contributed by atoms with Crippen LogP contribution in [0.3, 0.4) is 0 Å². The number of benzene rings is 4. The monoisotopic (exact) mass is 548 g/mol. The fourth-order valence-electron chi connectivity index (χ4n) is 5.27. The van der Waals surface area contributed by atoms with E-state index < -0.39 is 0 Å². The molecule has 37 heavy (non-hydrogen) atoms. The van der Waals surface area contributed by atoms with Crippen LogP contribution in [0.4, 0.5) is 0 Å². The zero-order valence-electron chi connectivity index (χ0n) is 18.8. The van der Waals surface area contributed by atoms with Gasteiger partial charge < -0.3 is 4.42 Å². The smallest absolute Gasteiger partial charge is 0.190 e. The van der Waals surface area contributed by atoms with Gasteiger partial charge in [0.05, 0.1) is 33.5 Å². The third-order valence-corrected chi connectivity index (χ3v) is 10.2. The molecule has 9 heteroatoms. The SMILES string of the molecule is c1ccc2c(-c3cc4c(oc5cc(-c6c7ccccc7cc7nsnc67)sc54)s3)c3nsnc3cc2c1. The van der Waals surface area contributed by atoms with Gasteiger partial charge in [0.1, 0.15) is 27.6 Å². The van der Waals surface area contributed by atoms with Crippen molar-refractivity contribution in [2.75, 3.05) is 0 Å². The highest BCUT2D eigenvalue weighted by molar-refractivity contribution is 7.26. The summed E-state index contributed by atoms with van der Waals surface area (Å²) in [5, 5.41) is 5.85. The van der Waals surface area contributed by atoms with E-state index in [4.69, 9.17) is 4.42 Å². The van der Waals surface area contributed by atoms with E-state index in [2.05, 4.69) is 90.3 Å². The Kier molecular flexibility index (Phi) is 4.06. The molecule has 0 fully saturated rings. The molecule has 0 bridgehead atoms. The molecule has 0 saturated heterocycles. The van der Waals surface area contributed by atoms with Gasteiger partial charge in [-0.05, 0) is 39.7 Å². The largest absolute Gasteiger partial charge is 0.444 e. The molecule has 0 spiro atoms. The van der Waals surface area contributed by atoms with Crippen molar-refractivity contribution >= 4 is 110 Å². The van der Waals surface area contributed by atoms with Crippen molar-refractivity contribution in [3.8, 4) is 20.9 Å². The quantitative estimate of drug-likeness (QED) is 0.215. The number of nitrogens with zero attached hydrogens (tertiary/aromatic N) is 4. The summed E-state index contributed by atoms with van der Waals surface area (Å²) in [5.41, 5.74) is 6.94. The van der Waals surface area contributed by atoms with Gasteiger partial charge in [-0.3, -0.25) is 0 Å². The Labute approximate surface area is 224 Å². The van der Waals surface area contributed by atoms with E-state index >= 15 is 0 Å². The van der Waals surface area contributed by atoms with Crippen LogP contribution >= 0.6 is 46.1 Å². The fourth-order valence-corrected chi connectivity index (χ4v) is 8.65. The second-order valence-electron chi connectivity index (χ2n) is 8.93. The van der Waals surface area contributed by atoms with Crippen LogP contribution in [0.15, 0.2) is 77.2 Å². The molecule has 5 nitrogen and oxygen atoms in total. The van der Waals surface area contributed by atoms with E-state index in [1.165, 1.54) is 45.0 Å². The van der Waals surface area contributed by atoms with Crippen LogP contribution in [0.1, 0.15) is 0 Å². The van der Waals surface area contributed by atoms with Crippen molar-refractivity contribution in [3.05, 3.63) is 72.8 Å². The molecule has 5 aromatic heterocycles. The first-order valence-electron chi connectivity index (χ1n) is 11.6. The number of rotatable bonds is 2. The maximum Gasteiger partial charge on any atom is 0.190 e. The molecular weight excluding hydrogens is 537 g/mol. The number of hydrogen-bond donors (Lipinski definition) is 0. The standard InChI is InChI=1S/C28H12N4OS4/c1-3-7-15-13(5-1)9-18-25(31-36-29-18)23(15)21-11-17-27-20(33-28(17)35-21)12-22(34-27)24-16-8-4-2-6-14(16)10-19-26(24)32-37-30-19/h1-12H. The summed E-state index contributed by atoms with van der Waals surface area (Å²) < 4.78 is 26.0. The fraction of sp³-hybridized carbons (Fsp3) is 0. The number of fused-ring (bicyclic) bond motifs is 7. The van der Waals surface area contributed by atoms with Crippen LogP contribution in [0.25, 0.3) is 85.1 Å². The topological polar surface area (TPSA) is 64.7 Å². The minimum Gasteiger partial charge on any atom is -0.444 e. The molecule has 0 aliphatic rings. The Morgan fingerprint density at radius 3 is 1.81 bits per heavy atom. The van der Waals surface area contributed by atoms with E-state index in [0.29, 0.717) is 0 Å². The van der Waals surface area contributed by atoms with Gasteiger partial charge in [-0.25, -0.2) is 0 Å². The van der Waals surface area contributed by atoms with Gasteiger partial charge in [-0.1, -0.05) is 59.9 Å². The summed E-state index contributed by atoms with van der Waals surface area (Å²) in [6.45, 7) is 0. The Bertz CT molecular complexity index is 2170. The van der Waals surface area contributed by atoms with Gasteiger partial charge in [0.15, 0.2) is 4.90 Å². The van der Waals surface area contributed by atoms with Crippen molar-refractivity contribution in [3.63, 3.8) is 0 Å². The van der Waals surface area contributed by atoms with Crippen molar-refractivity contribution in [1.29, 1.82) is 0 Å². The van der Waals surface area contributed by atoms with Gasteiger partial charge in [-0.2, -0.15) is 17.5 Å². The highest BCUT2D eigenvalue weighted by atomic mass is 32.1. The molecule has 0 unspecified atom stereocenters. The number of hydrogen-bond acceptors (Lipinski definition) is 9. The summed E-state index contributed by atoms with van der Waals surface area (Å²) in [6.07, 6.45) is 0. The first kappa shape index (κ1) is 20.3. The lowest BCUT2D eigenvalue weighted by atomic mass is 10.0. The highest BCUT2D eigenvalue weighted by Crippen LogP contribution is 2.48. The lowest BCUT2D eigenvalue weighted by Crippen LogP contribution is -1.82. The minimum atomic E-state index is 0.912.